The van der Waals surface area contributed by atoms with Crippen LogP contribution in [0.3, 0.4) is 0 Å². The van der Waals surface area contributed by atoms with Crippen LogP contribution in [0.25, 0.3) is 0 Å². The normalized spacial score (nSPS) is 22.3. The highest BCUT2D eigenvalue weighted by atomic mass is 32.2. The summed E-state index contributed by atoms with van der Waals surface area (Å²) in [5, 5.41) is 0. The first-order chi connectivity index (χ1) is 8.53. The van der Waals surface area contributed by atoms with Gasteiger partial charge in [0.25, 0.3) is 10.2 Å². The molecule has 100 valence electrons. The van der Waals surface area contributed by atoms with E-state index in [0.29, 0.717) is 6.54 Å². The van der Waals surface area contributed by atoms with E-state index in [1.165, 1.54) is 4.31 Å². The number of aromatic nitrogens is 1. The smallest absolute Gasteiger partial charge is 0.264 e. The molecule has 0 aromatic carbocycles. The molecule has 0 saturated carbocycles. The molecule has 0 aliphatic carbocycles. The number of piperidine rings is 1. The Morgan fingerprint density at radius 3 is 2.78 bits per heavy atom. The summed E-state index contributed by atoms with van der Waals surface area (Å²) < 4.78 is 27.5. The summed E-state index contributed by atoms with van der Waals surface area (Å²) in [6.45, 7) is 0.583. The van der Waals surface area contributed by atoms with Gasteiger partial charge in [0.15, 0.2) is 0 Å². The quantitative estimate of drug-likeness (QED) is 0.834. The molecule has 1 aliphatic heterocycles. The monoisotopic (exact) mass is 269 g/mol. The third-order valence-corrected chi connectivity index (χ3v) is 5.23. The second kappa shape index (κ2) is 5.34. The molecule has 0 N–H and O–H groups in total. The van der Waals surface area contributed by atoms with Crippen LogP contribution in [-0.2, 0) is 10.2 Å². The van der Waals surface area contributed by atoms with Gasteiger partial charge in [-0.1, -0.05) is 12.5 Å². The first-order valence-electron chi connectivity index (χ1n) is 6.12. The highest BCUT2D eigenvalue weighted by Crippen LogP contribution is 2.33. The largest absolute Gasteiger partial charge is 0.282 e. The molecule has 2 heterocycles. The summed E-state index contributed by atoms with van der Waals surface area (Å²) in [6.07, 6.45) is 6.30. The van der Waals surface area contributed by atoms with Crippen LogP contribution in [0.15, 0.2) is 24.5 Å². The maximum Gasteiger partial charge on any atom is 0.282 e. The van der Waals surface area contributed by atoms with Crippen molar-refractivity contribution in [2.75, 3.05) is 20.6 Å². The topological polar surface area (TPSA) is 53.5 Å². The van der Waals surface area contributed by atoms with E-state index in [9.17, 15) is 8.42 Å². The van der Waals surface area contributed by atoms with E-state index in [4.69, 9.17) is 0 Å². The van der Waals surface area contributed by atoms with Gasteiger partial charge in [-0.3, -0.25) is 4.98 Å². The van der Waals surface area contributed by atoms with Crippen molar-refractivity contribution in [3.05, 3.63) is 30.1 Å². The van der Waals surface area contributed by atoms with Gasteiger partial charge in [-0.2, -0.15) is 17.0 Å². The molecule has 5 nitrogen and oxygen atoms in total. The van der Waals surface area contributed by atoms with Gasteiger partial charge in [0, 0.05) is 33.0 Å². The van der Waals surface area contributed by atoms with Crippen molar-refractivity contribution >= 4 is 10.2 Å². The van der Waals surface area contributed by atoms with Gasteiger partial charge in [0.1, 0.15) is 0 Å². The minimum absolute atomic E-state index is 0.0835. The van der Waals surface area contributed by atoms with Crippen LogP contribution in [0.1, 0.15) is 30.9 Å². The van der Waals surface area contributed by atoms with Crippen LogP contribution in [0.5, 0.6) is 0 Å². The molecule has 2 rings (SSSR count). The molecule has 18 heavy (non-hydrogen) atoms. The summed E-state index contributed by atoms with van der Waals surface area (Å²) in [6, 6.07) is 3.71. The van der Waals surface area contributed by atoms with Crippen molar-refractivity contribution in [3.8, 4) is 0 Å². The predicted molar refractivity (Wildman–Crippen MR) is 70.1 cm³/mol. The first-order valence-corrected chi connectivity index (χ1v) is 7.52. The minimum atomic E-state index is -3.36. The van der Waals surface area contributed by atoms with Crippen molar-refractivity contribution < 1.29 is 8.42 Å². The second-order valence-corrected chi connectivity index (χ2v) is 6.79. The molecule has 1 aromatic heterocycles. The second-order valence-electron chi connectivity index (χ2n) is 4.70. The van der Waals surface area contributed by atoms with E-state index in [2.05, 4.69) is 4.98 Å². The Hall–Kier alpha value is -0.980. The fourth-order valence-corrected chi connectivity index (χ4v) is 3.63. The van der Waals surface area contributed by atoms with Gasteiger partial charge in [-0.15, -0.1) is 0 Å². The van der Waals surface area contributed by atoms with E-state index in [1.807, 2.05) is 12.1 Å². The molecule has 0 radical (unpaired) electrons. The number of nitrogens with zero attached hydrogens (tertiary/aromatic N) is 3. The zero-order chi connectivity index (χ0) is 13.2. The van der Waals surface area contributed by atoms with Crippen molar-refractivity contribution in [1.29, 1.82) is 0 Å². The maximum atomic E-state index is 12.3. The molecule has 1 aromatic rings. The molecular weight excluding hydrogens is 250 g/mol. The van der Waals surface area contributed by atoms with E-state index in [0.717, 1.165) is 24.8 Å². The maximum absolute atomic E-state index is 12.3. The molecule has 6 heteroatoms. The fraction of sp³-hybridized carbons (Fsp3) is 0.583. The molecule has 1 unspecified atom stereocenters. The lowest BCUT2D eigenvalue weighted by Gasteiger charge is -2.36. The summed E-state index contributed by atoms with van der Waals surface area (Å²) >= 11 is 0. The zero-order valence-electron chi connectivity index (χ0n) is 10.8. The van der Waals surface area contributed by atoms with Gasteiger partial charge >= 0.3 is 0 Å². The van der Waals surface area contributed by atoms with Crippen molar-refractivity contribution in [3.63, 3.8) is 0 Å². The minimum Gasteiger partial charge on any atom is -0.264 e. The molecule has 0 spiro atoms. The van der Waals surface area contributed by atoms with Crippen molar-refractivity contribution in [1.82, 2.24) is 13.6 Å². The van der Waals surface area contributed by atoms with Gasteiger partial charge in [-0.25, -0.2) is 0 Å². The molecular formula is C12H19N3O2S. The number of rotatable bonds is 3. The summed E-state index contributed by atoms with van der Waals surface area (Å²) in [4.78, 5) is 4.09. The highest BCUT2D eigenvalue weighted by molar-refractivity contribution is 7.86. The zero-order valence-corrected chi connectivity index (χ0v) is 11.6. The number of hydrogen-bond donors (Lipinski definition) is 0. The molecule has 1 saturated heterocycles. The Balaban J connectivity index is 2.33. The van der Waals surface area contributed by atoms with Crippen LogP contribution in [0.2, 0.25) is 0 Å². The summed E-state index contributed by atoms with van der Waals surface area (Å²) in [5.41, 5.74) is 0.975. The SMILES string of the molecule is CN(C)S(=O)(=O)N1CCCCC1c1cccnc1. The summed E-state index contributed by atoms with van der Waals surface area (Å²) in [7, 11) is -0.211. The van der Waals surface area contributed by atoms with Crippen LogP contribution in [0, 0.1) is 0 Å². The lowest BCUT2D eigenvalue weighted by molar-refractivity contribution is 0.242. The van der Waals surface area contributed by atoms with Crippen LogP contribution in [-0.4, -0.2) is 42.7 Å². The molecule has 1 atom stereocenters. The Morgan fingerprint density at radius 1 is 1.39 bits per heavy atom. The van der Waals surface area contributed by atoms with E-state index >= 15 is 0 Å². The van der Waals surface area contributed by atoms with Crippen molar-refractivity contribution in [2.45, 2.75) is 25.3 Å². The lowest BCUT2D eigenvalue weighted by Crippen LogP contribution is -2.44. The van der Waals surface area contributed by atoms with Crippen molar-refractivity contribution in [2.24, 2.45) is 0 Å². The molecule has 0 amide bonds. The lowest BCUT2D eigenvalue weighted by atomic mass is 9.99. The first kappa shape index (κ1) is 13.5. The Morgan fingerprint density at radius 2 is 2.17 bits per heavy atom. The fourth-order valence-electron chi connectivity index (χ4n) is 2.30. The standard InChI is InChI=1S/C12H19N3O2S/c1-14(2)18(16,17)15-9-4-3-7-12(15)11-6-5-8-13-10-11/h5-6,8,10,12H,3-4,7,9H2,1-2H3. The Kier molecular flexibility index (Phi) is 3.99. The van der Waals surface area contributed by atoms with Gasteiger partial charge in [0.2, 0.25) is 0 Å². The Bertz CT molecular complexity index is 487. The van der Waals surface area contributed by atoms with E-state index in [1.54, 1.807) is 30.8 Å². The Labute approximate surface area is 109 Å². The van der Waals surface area contributed by atoms with E-state index < -0.39 is 10.2 Å². The molecule has 0 bridgehead atoms. The molecule has 1 aliphatic rings. The third-order valence-electron chi connectivity index (χ3n) is 3.28. The third kappa shape index (κ3) is 2.55. The van der Waals surface area contributed by atoms with Gasteiger partial charge in [0.05, 0.1) is 6.04 Å². The molecule has 1 fully saturated rings. The van der Waals surface area contributed by atoms with Gasteiger partial charge < -0.3 is 0 Å². The number of hydrogen-bond acceptors (Lipinski definition) is 3. The summed E-state index contributed by atoms with van der Waals surface area (Å²) in [5.74, 6) is 0. The van der Waals surface area contributed by atoms with Gasteiger partial charge in [-0.05, 0) is 24.5 Å². The average molecular weight is 269 g/mol. The van der Waals surface area contributed by atoms with E-state index in [-0.39, 0.29) is 6.04 Å². The van der Waals surface area contributed by atoms with Crippen LogP contribution in [0.4, 0.5) is 0 Å². The van der Waals surface area contributed by atoms with Crippen LogP contribution >= 0.6 is 0 Å². The number of pyridine rings is 1. The van der Waals surface area contributed by atoms with Crippen LogP contribution < -0.4 is 0 Å². The predicted octanol–water partition coefficient (Wildman–Crippen LogP) is 1.42. The average Bonchev–Trinajstić information content (AvgIpc) is 2.39. The highest BCUT2D eigenvalue weighted by Gasteiger charge is 2.34.